The molecule has 0 fully saturated rings. The van der Waals surface area contributed by atoms with Crippen molar-refractivity contribution in [2.75, 3.05) is 13.2 Å². The van der Waals surface area contributed by atoms with Gasteiger partial charge in [0.15, 0.2) is 6.10 Å². The van der Waals surface area contributed by atoms with Gasteiger partial charge in [0.1, 0.15) is 13.2 Å². The molecular formula is C59H100O6. The number of ether oxygens (including phenoxy) is 3. The number of esters is 3. The summed E-state index contributed by atoms with van der Waals surface area (Å²) < 4.78 is 16.8. The number of unbranched alkanes of at least 4 members (excludes halogenated alkanes) is 23. The van der Waals surface area contributed by atoms with E-state index < -0.39 is 6.10 Å². The SMILES string of the molecule is CCCCCC=CCC=CCC=CCC=CCCCC(=O)OC[C@@H](COC(=O)CCCCCCCC=CCCCCCCCC)OC(=O)CCCCCCCC=CCC=CCCCCC. The van der Waals surface area contributed by atoms with Crippen LogP contribution in [0.4, 0.5) is 0 Å². The van der Waals surface area contributed by atoms with Crippen molar-refractivity contribution in [3.63, 3.8) is 0 Å². The first-order valence-corrected chi connectivity index (χ1v) is 27.1. The van der Waals surface area contributed by atoms with E-state index in [0.29, 0.717) is 19.3 Å². The molecule has 0 aromatic rings. The zero-order valence-electron chi connectivity index (χ0n) is 42.5. The summed E-state index contributed by atoms with van der Waals surface area (Å²) in [6.07, 6.45) is 68.5. The van der Waals surface area contributed by atoms with E-state index in [1.807, 2.05) is 0 Å². The molecule has 0 aromatic carbocycles. The smallest absolute Gasteiger partial charge is 0.306 e. The van der Waals surface area contributed by atoms with E-state index in [2.05, 4.69) is 106 Å². The molecule has 0 rings (SSSR count). The fraction of sp³-hybridized carbons (Fsp3) is 0.712. The Morgan fingerprint density at radius 1 is 0.308 bits per heavy atom. The molecule has 0 radical (unpaired) electrons. The molecule has 1 atom stereocenters. The molecule has 0 heterocycles. The zero-order chi connectivity index (χ0) is 47.2. The number of carbonyl (C=O) groups is 3. The summed E-state index contributed by atoms with van der Waals surface area (Å²) in [5, 5.41) is 0. The second kappa shape index (κ2) is 53.2. The van der Waals surface area contributed by atoms with Crippen molar-refractivity contribution in [3.05, 3.63) is 85.1 Å². The standard InChI is InChI=1S/C59H100O6/c1-4-7-10-13-16-19-22-25-28-29-32-34-37-40-43-46-49-52-58(61)64-55-56(65-59(62)53-50-47-44-41-38-35-31-27-24-21-18-15-12-9-6-3)54-63-57(60)51-48-45-42-39-36-33-30-26-23-20-17-14-11-8-5-2/h16,18-19,21,25-28,30-32,34,40,43,56H,4-15,17,20,22-24,29,33,35-39,41-42,44-55H2,1-3H3/t56-/m1/s1. The molecule has 0 unspecified atom stereocenters. The normalized spacial score (nSPS) is 12.7. The van der Waals surface area contributed by atoms with Crippen LogP contribution in [0.2, 0.25) is 0 Å². The van der Waals surface area contributed by atoms with E-state index in [-0.39, 0.29) is 37.5 Å². The summed E-state index contributed by atoms with van der Waals surface area (Å²) >= 11 is 0. The van der Waals surface area contributed by atoms with Crippen molar-refractivity contribution in [3.8, 4) is 0 Å². The molecule has 372 valence electrons. The Hall–Kier alpha value is -3.41. The quantitative estimate of drug-likeness (QED) is 0.0262. The van der Waals surface area contributed by atoms with Crippen molar-refractivity contribution in [2.45, 2.75) is 258 Å². The van der Waals surface area contributed by atoms with Gasteiger partial charge in [-0.25, -0.2) is 0 Å². The molecule has 0 saturated carbocycles. The number of hydrogen-bond acceptors (Lipinski definition) is 6. The predicted molar refractivity (Wildman–Crippen MR) is 279 cm³/mol. The van der Waals surface area contributed by atoms with Crippen molar-refractivity contribution in [1.29, 1.82) is 0 Å². The Kier molecular flexibility index (Phi) is 50.4. The summed E-state index contributed by atoms with van der Waals surface area (Å²) in [6, 6.07) is 0. The molecule has 0 spiro atoms. The maximum Gasteiger partial charge on any atom is 0.306 e. The summed E-state index contributed by atoms with van der Waals surface area (Å²) in [4.78, 5) is 38.0. The van der Waals surface area contributed by atoms with Gasteiger partial charge in [0.05, 0.1) is 0 Å². The van der Waals surface area contributed by atoms with Crippen LogP contribution in [0.5, 0.6) is 0 Å². The summed E-state index contributed by atoms with van der Waals surface area (Å²) in [7, 11) is 0. The first-order valence-electron chi connectivity index (χ1n) is 27.1. The van der Waals surface area contributed by atoms with E-state index in [1.165, 1.54) is 103 Å². The van der Waals surface area contributed by atoms with Crippen molar-refractivity contribution in [1.82, 2.24) is 0 Å². The van der Waals surface area contributed by atoms with Crippen molar-refractivity contribution < 1.29 is 28.6 Å². The summed E-state index contributed by atoms with van der Waals surface area (Å²) in [6.45, 7) is 6.51. The minimum Gasteiger partial charge on any atom is -0.462 e. The van der Waals surface area contributed by atoms with Gasteiger partial charge in [-0.05, 0) is 116 Å². The number of hydrogen-bond donors (Lipinski definition) is 0. The number of rotatable bonds is 48. The molecule has 0 aliphatic rings. The lowest BCUT2D eigenvalue weighted by molar-refractivity contribution is -0.167. The van der Waals surface area contributed by atoms with E-state index in [1.54, 1.807) is 0 Å². The lowest BCUT2D eigenvalue weighted by Crippen LogP contribution is -2.30. The van der Waals surface area contributed by atoms with Crippen LogP contribution in [-0.4, -0.2) is 37.2 Å². The predicted octanol–water partition coefficient (Wildman–Crippen LogP) is 18.0. The van der Waals surface area contributed by atoms with Crippen LogP contribution in [0.15, 0.2) is 85.1 Å². The van der Waals surface area contributed by atoms with Crippen LogP contribution in [0.25, 0.3) is 0 Å². The largest absolute Gasteiger partial charge is 0.462 e. The summed E-state index contributed by atoms with van der Waals surface area (Å²) in [5.41, 5.74) is 0. The lowest BCUT2D eigenvalue weighted by Gasteiger charge is -2.18. The number of allylic oxidation sites excluding steroid dienone is 14. The Morgan fingerprint density at radius 3 is 0.969 bits per heavy atom. The second-order valence-electron chi connectivity index (χ2n) is 17.8. The first kappa shape index (κ1) is 61.6. The van der Waals surface area contributed by atoms with Gasteiger partial charge in [-0.1, -0.05) is 202 Å². The first-order chi connectivity index (χ1) is 32.0. The van der Waals surface area contributed by atoms with Crippen molar-refractivity contribution >= 4 is 17.9 Å². The highest BCUT2D eigenvalue weighted by molar-refractivity contribution is 5.71. The highest BCUT2D eigenvalue weighted by Crippen LogP contribution is 2.13. The third kappa shape index (κ3) is 51.4. The molecule has 0 N–H and O–H groups in total. The van der Waals surface area contributed by atoms with Gasteiger partial charge in [-0.3, -0.25) is 14.4 Å². The third-order valence-corrected chi connectivity index (χ3v) is 11.3. The third-order valence-electron chi connectivity index (χ3n) is 11.3. The fourth-order valence-corrected chi connectivity index (χ4v) is 7.22. The van der Waals surface area contributed by atoms with Gasteiger partial charge >= 0.3 is 17.9 Å². The topological polar surface area (TPSA) is 78.9 Å². The Labute approximate surface area is 401 Å². The molecule has 0 aliphatic heterocycles. The van der Waals surface area contributed by atoms with Crippen LogP contribution in [0.3, 0.4) is 0 Å². The maximum atomic E-state index is 12.8. The van der Waals surface area contributed by atoms with Gasteiger partial charge in [-0.15, -0.1) is 0 Å². The Morgan fingerprint density at radius 2 is 0.569 bits per heavy atom. The molecule has 0 amide bonds. The van der Waals surface area contributed by atoms with E-state index in [4.69, 9.17) is 14.2 Å². The van der Waals surface area contributed by atoms with Crippen LogP contribution in [0.1, 0.15) is 252 Å². The average molecular weight is 905 g/mol. The maximum absolute atomic E-state index is 12.8. The van der Waals surface area contributed by atoms with Crippen LogP contribution in [0, 0.1) is 0 Å². The van der Waals surface area contributed by atoms with E-state index in [9.17, 15) is 14.4 Å². The molecule has 0 bridgehead atoms. The molecule has 6 nitrogen and oxygen atoms in total. The molecule has 0 saturated heterocycles. The molecule has 6 heteroatoms. The van der Waals surface area contributed by atoms with Gasteiger partial charge in [-0.2, -0.15) is 0 Å². The van der Waals surface area contributed by atoms with E-state index in [0.717, 1.165) is 103 Å². The van der Waals surface area contributed by atoms with Crippen LogP contribution < -0.4 is 0 Å². The highest BCUT2D eigenvalue weighted by atomic mass is 16.6. The highest BCUT2D eigenvalue weighted by Gasteiger charge is 2.19. The average Bonchev–Trinajstić information content (AvgIpc) is 3.30. The summed E-state index contributed by atoms with van der Waals surface area (Å²) in [5.74, 6) is -0.983. The minimum absolute atomic E-state index is 0.104. The van der Waals surface area contributed by atoms with Gasteiger partial charge < -0.3 is 14.2 Å². The van der Waals surface area contributed by atoms with Crippen molar-refractivity contribution in [2.24, 2.45) is 0 Å². The van der Waals surface area contributed by atoms with E-state index >= 15 is 0 Å². The van der Waals surface area contributed by atoms with Gasteiger partial charge in [0.2, 0.25) is 0 Å². The zero-order valence-corrected chi connectivity index (χ0v) is 42.5. The lowest BCUT2D eigenvalue weighted by atomic mass is 10.1. The second-order valence-corrected chi connectivity index (χ2v) is 17.8. The Bertz CT molecular complexity index is 1270. The molecule has 65 heavy (non-hydrogen) atoms. The fourth-order valence-electron chi connectivity index (χ4n) is 7.22. The number of carbonyl (C=O) groups excluding carboxylic acids is 3. The van der Waals surface area contributed by atoms with Crippen LogP contribution >= 0.6 is 0 Å². The van der Waals surface area contributed by atoms with Gasteiger partial charge in [0, 0.05) is 19.3 Å². The monoisotopic (exact) mass is 905 g/mol. The minimum atomic E-state index is -0.809. The Balaban J connectivity index is 4.51. The molecular weight excluding hydrogens is 805 g/mol. The molecule has 0 aromatic heterocycles. The van der Waals surface area contributed by atoms with Gasteiger partial charge in [0.25, 0.3) is 0 Å². The van der Waals surface area contributed by atoms with Crippen LogP contribution in [-0.2, 0) is 28.6 Å². The molecule has 0 aliphatic carbocycles.